The van der Waals surface area contributed by atoms with Crippen molar-refractivity contribution in [3.05, 3.63) is 0 Å². The summed E-state index contributed by atoms with van der Waals surface area (Å²) in [7, 11) is 0. The van der Waals surface area contributed by atoms with Crippen molar-refractivity contribution in [1.82, 2.24) is 5.32 Å². The predicted molar refractivity (Wildman–Crippen MR) is 85.1 cm³/mol. The van der Waals surface area contributed by atoms with Gasteiger partial charge in [0, 0.05) is 18.3 Å². The molecule has 2 unspecified atom stereocenters. The number of fused-ring (bicyclic) bond motifs is 2. The summed E-state index contributed by atoms with van der Waals surface area (Å²) in [6.45, 7) is 9.77. The Hall–Kier alpha value is -0.200. The Bertz CT molecular complexity index is 460. The lowest BCUT2D eigenvalue weighted by Gasteiger charge is -2.60. The topological polar surface area (TPSA) is 49.0 Å². The Morgan fingerprint density at radius 2 is 1.91 bits per heavy atom. The van der Waals surface area contributed by atoms with Crippen molar-refractivity contribution >= 4 is 0 Å². The fourth-order valence-corrected chi connectivity index (χ4v) is 5.42. The molecule has 0 aromatic carbocycles. The summed E-state index contributed by atoms with van der Waals surface area (Å²) >= 11 is 0. The van der Waals surface area contributed by atoms with Gasteiger partial charge in [0.05, 0.1) is 0 Å². The molecule has 0 amide bonds. The van der Waals surface area contributed by atoms with Gasteiger partial charge in [0.1, 0.15) is 6.23 Å². The van der Waals surface area contributed by atoms with E-state index in [1.165, 1.54) is 6.42 Å². The number of rotatable bonds is 3. The highest BCUT2D eigenvalue weighted by atomic mass is 17.3. The van der Waals surface area contributed by atoms with Crippen LogP contribution in [0, 0.1) is 23.7 Å². The van der Waals surface area contributed by atoms with Gasteiger partial charge in [-0.25, -0.2) is 9.78 Å². The van der Waals surface area contributed by atoms with E-state index in [0.717, 1.165) is 32.2 Å². The van der Waals surface area contributed by atoms with E-state index in [4.69, 9.17) is 19.2 Å². The maximum Gasteiger partial charge on any atom is 0.201 e. The first-order valence-electron chi connectivity index (χ1n) is 9.43. The zero-order valence-electron chi connectivity index (χ0n) is 14.8. The molecule has 1 saturated carbocycles. The van der Waals surface area contributed by atoms with Crippen molar-refractivity contribution in [2.75, 3.05) is 6.54 Å². The number of hydrogen-bond acceptors (Lipinski definition) is 5. The summed E-state index contributed by atoms with van der Waals surface area (Å²) in [5.41, 5.74) is -0.433. The summed E-state index contributed by atoms with van der Waals surface area (Å²) in [5.74, 6) is 1.21. The fraction of sp³-hybridized carbons (Fsp3) is 1.00. The molecule has 1 N–H and O–H groups in total. The number of nitrogens with one attached hydrogen (secondary N) is 1. The highest BCUT2D eigenvalue weighted by molar-refractivity contribution is 5.09. The molecule has 0 aromatic rings. The van der Waals surface area contributed by atoms with Crippen LogP contribution < -0.4 is 5.32 Å². The fourth-order valence-electron chi connectivity index (χ4n) is 5.42. The molecule has 5 nitrogen and oxygen atoms in total. The van der Waals surface area contributed by atoms with E-state index in [9.17, 15) is 0 Å². The monoisotopic (exact) mass is 325 g/mol. The van der Waals surface area contributed by atoms with Crippen LogP contribution >= 0.6 is 0 Å². The molecular formula is C18H31NO4. The Kier molecular flexibility index (Phi) is 4.01. The van der Waals surface area contributed by atoms with Crippen LogP contribution in [0.2, 0.25) is 0 Å². The molecule has 1 aliphatic carbocycles. The molecule has 8 atom stereocenters. The van der Waals surface area contributed by atoms with E-state index in [2.05, 4.69) is 26.1 Å². The van der Waals surface area contributed by atoms with Crippen LogP contribution in [-0.2, 0) is 19.2 Å². The Morgan fingerprint density at radius 3 is 2.70 bits per heavy atom. The SMILES string of the molecule is CCCNC1O[C@@H]2O[C@]3(C)CC[C@H]4[C@H](C)CCC([C@H]1C)[C@@]24OO3. The second-order valence-electron chi connectivity index (χ2n) is 8.28. The van der Waals surface area contributed by atoms with E-state index in [1.54, 1.807) is 0 Å². The number of hydrogen-bond donors (Lipinski definition) is 1. The molecular weight excluding hydrogens is 294 g/mol. The normalized spacial score (nSPS) is 55.3. The van der Waals surface area contributed by atoms with E-state index in [0.29, 0.717) is 23.7 Å². The maximum absolute atomic E-state index is 6.42. The Morgan fingerprint density at radius 1 is 1.09 bits per heavy atom. The first-order chi connectivity index (χ1) is 11.0. The van der Waals surface area contributed by atoms with E-state index in [-0.39, 0.29) is 12.5 Å². The minimum absolute atomic E-state index is 0.0381. The van der Waals surface area contributed by atoms with Crippen LogP contribution in [0.3, 0.4) is 0 Å². The quantitative estimate of drug-likeness (QED) is 0.808. The van der Waals surface area contributed by atoms with Crippen molar-refractivity contribution in [2.24, 2.45) is 23.7 Å². The smallest absolute Gasteiger partial charge is 0.201 e. The standard InChI is InChI=1S/C18H31NO4/c1-5-10-19-15-12(3)14-7-6-11(2)13-8-9-17(4)21-16(20-15)18(13,14)23-22-17/h11-16,19H,5-10H2,1-4H3/t11-,12-,13+,14?,15?,16-,17+,18-/m1/s1. The molecule has 0 aromatic heterocycles. The van der Waals surface area contributed by atoms with Crippen LogP contribution in [0.5, 0.6) is 0 Å². The zero-order valence-corrected chi connectivity index (χ0v) is 14.8. The highest BCUT2D eigenvalue weighted by Gasteiger charge is 2.69. The van der Waals surface area contributed by atoms with Crippen molar-refractivity contribution < 1.29 is 19.2 Å². The molecule has 5 rings (SSSR count). The average molecular weight is 325 g/mol. The summed E-state index contributed by atoms with van der Waals surface area (Å²) in [6.07, 6.45) is 5.20. The highest BCUT2D eigenvalue weighted by Crippen LogP contribution is 2.60. The lowest BCUT2D eigenvalue weighted by Crippen LogP contribution is -2.71. The van der Waals surface area contributed by atoms with Crippen LogP contribution in [0.25, 0.3) is 0 Å². The molecule has 5 fully saturated rings. The molecule has 23 heavy (non-hydrogen) atoms. The third kappa shape index (κ3) is 2.31. The predicted octanol–water partition coefficient (Wildman–Crippen LogP) is 3.19. The van der Waals surface area contributed by atoms with Crippen LogP contribution in [0.1, 0.15) is 59.8 Å². The average Bonchev–Trinajstić information content (AvgIpc) is 2.76. The van der Waals surface area contributed by atoms with Crippen LogP contribution in [-0.4, -0.2) is 30.5 Å². The summed E-state index contributed by atoms with van der Waals surface area (Å²) in [5, 5.41) is 3.56. The van der Waals surface area contributed by atoms with Gasteiger partial charge in [-0.2, -0.15) is 0 Å². The molecule has 4 heterocycles. The largest absolute Gasteiger partial charge is 0.331 e. The van der Waals surface area contributed by atoms with Crippen LogP contribution in [0.4, 0.5) is 0 Å². The van der Waals surface area contributed by atoms with Gasteiger partial charge in [0.15, 0.2) is 11.9 Å². The van der Waals surface area contributed by atoms with Crippen molar-refractivity contribution in [2.45, 2.75) is 83.7 Å². The van der Waals surface area contributed by atoms with Crippen LogP contribution in [0.15, 0.2) is 0 Å². The van der Waals surface area contributed by atoms with Gasteiger partial charge in [-0.05, 0) is 51.0 Å². The molecule has 4 aliphatic heterocycles. The molecule has 2 bridgehead atoms. The summed E-state index contributed by atoms with van der Waals surface area (Å²) in [4.78, 5) is 12.0. The zero-order chi connectivity index (χ0) is 16.2. The van der Waals surface area contributed by atoms with E-state index >= 15 is 0 Å². The molecule has 4 saturated heterocycles. The van der Waals surface area contributed by atoms with Gasteiger partial charge in [0.25, 0.3) is 0 Å². The molecule has 5 heteroatoms. The van der Waals surface area contributed by atoms with E-state index < -0.39 is 11.4 Å². The van der Waals surface area contributed by atoms with Gasteiger partial charge in [-0.15, -0.1) is 0 Å². The first-order valence-corrected chi connectivity index (χ1v) is 9.43. The van der Waals surface area contributed by atoms with Crippen molar-refractivity contribution in [3.8, 4) is 0 Å². The second kappa shape index (κ2) is 5.67. The van der Waals surface area contributed by atoms with E-state index in [1.807, 2.05) is 6.92 Å². The van der Waals surface area contributed by atoms with Gasteiger partial charge in [-0.1, -0.05) is 20.8 Å². The Balaban J connectivity index is 1.70. The van der Waals surface area contributed by atoms with Crippen molar-refractivity contribution in [3.63, 3.8) is 0 Å². The summed E-state index contributed by atoms with van der Waals surface area (Å²) < 4.78 is 12.7. The third-order valence-corrected chi connectivity index (χ3v) is 6.75. The van der Waals surface area contributed by atoms with Gasteiger partial charge in [0.2, 0.25) is 5.79 Å². The summed E-state index contributed by atoms with van der Waals surface area (Å²) in [6, 6.07) is 0. The minimum Gasteiger partial charge on any atom is -0.331 e. The number of ether oxygens (including phenoxy) is 2. The molecule has 132 valence electrons. The second-order valence-corrected chi connectivity index (χ2v) is 8.28. The maximum atomic E-state index is 6.42. The molecule has 5 aliphatic rings. The van der Waals surface area contributed by atoms with Gasteiger partial charge >= 0.3 is 0 Å². The minimum atomic E-state index is -0.673. The molecule has 0 radical (unpaired) electrons. The molecule has 1 spiro atoms. The van der Waals surface area contributed by atoms with Gasteiger partial charge in [-0.3, -0.25) is 5.32 Å². The third-order valence-electron chi connectivity index (χ3n) is 6.75. The van der Waals surface area contributed by atoms with Crippen molar-refractivity contribution in [1.29, 1.82) is 0 Å². The lowest BCUT2D eigenvalue weighted by atomic mass is 9.58. The first kappa shape index (κ1) is 16.3. The lowest BCUT2D eigenvalue weighted by molar-refractivity contribution is -0.571. The van der Waals surface area contributed by atoms with Gasteiger partial charge < -0.3 is 9.47 Å². The Labute approximate surface area is 139 Å².